The van der Waals surface area contributed by atoms with Crippen LogP contribution in [0.2, 0.25) is 5.02 Å². The van der Waals surface area contributed by atoms with Gasteiger partial charge in [0, 0.05) is 18.7 Å². The minimum atomic E-state index is -0.0337. The predicted molar refractivity (Wildman–Crippen MR) is 72.8 cm³/mol. The van der Waals surface area contributed by atoms with Gasteiger partial charge < -0.3 is 15.4 Å². The van der Waals surface area contributed by atoms with Crippen molar-refractivity contribution in [1.82, 2.24) is 10.6 Å². The SMILES string of the molecule is COCCNCC(=O)N[C@@H](C)c1ccc(Cl)cc1. The highest BCUT2D eigenvalue weighted by molar-refractivity contribution is 6.30. The van der Waals surface area contributed by atoms with Crippen LogP contribution < -0.4 is 10.6 Å². The van der Waals surface area contributed by atoms with Gasteiger partial charge in [0.15, 0.2) is 0 Å². The monoisotopic (exact) mass is 270 g/mol. The number of halogens is 1. The second kappa shape index (κ2) is 8.08. The topological polar surface area (TPSA) is 50.4 Å². The number of rotatable bonds is 7. The second-order valence-corrected chi connectivity index (χ2v) is 4.45. The molecule has 0 unspecified atom stereocenters. The largest absolute Gasteiger partial charge is 0.383 e. The zero-order valence-corrected chi connectivity index (χ0v) is 11.5. The van der Waals surface area contributed by atoms with E-state index in [1.807, 2.05) is 31.2 Å². The molecular formula is C13H19ClN2O2. The van der Waals surface area contributed by atoms with Gasteiger partial charge in [-0.05, 0) is 24.6 Å². The minimum absolute atomic E-state index is 0.0287. The molecule has 2 N–H and O–H groups in total. The summed E-state index contributed by atoms with van der Waals surface area (Å²) in [6.45, 7) is 3.50. The van der Waals surface area contributed by atoms with Crippen molar-refractivity contribution in [3.8, 4) is 0 Å². The van der Waals surface area contributed by atoms with Crippen molar-refractivity contribution in [3.63, 3.8) is 0 Å². The van der Waals surface area contributed by atoms with E-state index in [9.17, 15) is 4.79 Å². The fourth-order valence-electron chi connectivity index (χ4n) is 1.50. The molecule has 1 aromatic carbocycles. The molecule has 1 aromatic rings. The van der Waals surface area contributed by atoms with Crippen LogP contribution in [0.1, 0.15) is 18.5 Å². The van der Waals surface area contributed by atoms with Crippen LogP contribution in [-0.4, -0.2) is 32.7 Å². The molecule has 1 rings (SSSR count). The summed E-state index contributed by atoms with van der Waals surface area (Å²) in [6, 6.07) is 7.42. The van der Waals surface area contributed by atoms with E-state index < -0.39 is 0 Å². The summed E-state index contributed by atoms with van der Waals surface area (Å²) < 4.78 is 4.88. The van der Waals surface area contributed by atoms with E-state index in [1.54, 1.807) is 7.11 Å². The Morgan fingerprint density at radius 1 is 1.39 bits per heavy atom. The van der Waals surface area contributed by atoms with Crippen molar-refractivity contribution in [3.05, 3.63) is 34.9 Å². The zero-order chi connectivity index (χ0) is 13.4. The first-order valence-corrected chi connectivity index (χ1v) is 6.25. The highest BCUT2D eigenvalue weighted by atomic mass is 35.5. The van der Waals surface area contributed by atoms with Crippen LogP contribution in [0.15, 0.2) is 24.3 Å². The van der Waals surface area contributed by atoms with Crippen molar-refractivity contribution >= 4 is 17.5 Å². The third-order valence-electron chi connectivity index (χ3n) is 2.52. The van der Waals surface area contributed by atoms with Gasteiger partial charge >= 0.3 is 0 Å². The Labute approximate surface area is 113 Å². The van der Waals surface area contributed by atoms with Gasteiger partial charge in [-0.2, -0.15) is 0 Å². The molecule has 1 atom stereocenters. The van der Waals surface area contributed by atoms with Crippen LogP contribution >= 0.6 is 11.6 Å². The van der Waals surface area contributed by atoms with Crippen molar-refractivity contribution in [2.24, 2.45) is 0 Å². The number of carbonyl (C=O) groups excluding carboxylic acids is 1. The first kappa shape index (κ1) is 15.0. The third kappa shape index (κ3) is 5.49. The van der Waals surface area contributed by atoms with Crippen LogP contribution in [-0.2, 0) is 9.53 Å². The van der Waals surface area contributed by atoms with E-state index >= 15 is 0 Å². The lowest BCUT2D eigenvalue weighted by atomic mass is 10.1. The van der Waals surface area contributed by atoms with E-state index in [-0.39, 0.29) is 11.9 Å². The Bertz CT molecular complexity index is 368. The fraction of sp³-hybridized carbons (Fsp3) is 0.462. The highest BCUT2D eigenvalue weighted by Crippen LogP contribution is 2.15. The Hall–Kier alpha value is -1.10. The normalized spacial score (nSPS) is 12.2. The summed E-state index contributed by atoms with van der Waals surface area (Å²) in [5.41, 5.74) is 1.03. The summed E-state index contributed by atoms with van der Waals surface area (Å²) >= 11 is 5.81. The van der Waals surface area contributed by atoms with Crippen LogP contribution in [0, 0.1) is 0 Å². The predicted octanol–water partition coefficient (Wildman–Crippen LogP) is 1.75. The molecule has 0 aromatic heterocycles. The number of nitrogens with one attached hydrogen (secondary N) is 2. The first-order chi connectivity index (χ1) is 8.63. The zero-order valence-electron chi connectivity index (χ0n) is 10.7. The quantitative estimate of drug-likeness (QED) is 0.743. The van der Waals surface area contributed by atoms with E-state index in [4.69, 9.17) is 16.3 Å². The number of hydrogen-bond acceptors (Lipinski definition) is 3. The molecule has 5 heteroatoms. The van der Waals surface area contributed by atoms with Gasteiger partial charge in [-0.25, -0.2) is 0 Å². The molecular weight excluding hydrogens is 252 g/mol. The maximum Gasteiger partial charge on any atom is 0.234 e. The maximum atomic E-state index is 11.6. The molecule has 0 spiro atoms. The lowest BCUT2D eigenvalue weighted by molar-refractivity contribution is -0.120. The molecule has 0 saturated carbocycles. The summed E-state index contributed by atoms with van der Waals surface area (Å²) in [7, 11) is 1.63. The van der Waals surface area contributed by atoms with E-state index in [0.717, 1.165) is 5.56 Å². The molecule has 0 saturated heterocycles. The van der Waals surface area contributed by atoms with Gasteiger partial charge in [0.2, 0.25) is 5.91 Å². The summed E-state index contributed by atoms with van der Waals surface area (Å²) in [4.78, 5) is 11.6. The average Bonchev–Trinajstić information content (AvgIpc) is 2.35. The van der Waals surface area contributed by atoms with E-state index in [1.165, 1.54) is 0 Å². The standard InChI is InChI=1S/C13H19ClN2O2/c1-10(11-3-5-12(14)6-4-11)16-13(17)9-15-7-8-18-2/h3-6,10,15H,7-9H2,1-2H3,(H,16,17)/t10-/m0/s1. The van der Waals surface area contributed by atoms with Crippen molar-refractivity contribution in [1.29, 1.82) is 0 Å². The lowest BCUT2D eigenvalue weighted by Gasteiger charge is -2.14. The van der Waals surface area contributed by atoms with E-state index in [0.29, 0.717) is 24.7 Å². The van der Waals surface area contributed by atoms with Gasteiger partial charge in [0.25, 0.3) is 0 Å². The van der Waals surface area contributed by atoms with Crippen LogP contribution in [0.4, 0.5) is 0 Å². The molecule has 0 aliphatic rings. The van der Waals surface area contributed by atoms with E-state index in [2.05, 4.69) is 10.6 Å². The highest BCUT2D eigenvalue weighted by Gasteiger charge is 2.08. The molecule has 0 bridgehead atoms. The van der Waals surface area contributed by atoms with Crippen LogP contribution in [0.5, 0.6) is 0 Å². The van der Waals surface area contributed by atoms with Gasteiger partial charge in [0.1, 0.15) is 0 Å². The number of carbonyl (C=O) groups is 1. The van der Waals surface area contributed by atoms with Crippen molar-refractivity contribution in [2.45, 2.75) is 13.0 Å². The number of methoxy groups -OCH3 is 1. The van der Waals surface area contributed by atoms with Gasteiger partial charge in [-0.1, -0.05) is 23.7 Å². The van der Waals surface area contributed by atoms with Crippen LogP contribution in [0.3, 0.4) is 0 Å². The summed E-state index contributed by atoms with van der Waals surface area (Å²) in [5, 5.41) is 6.59. The fourth-order valence-corrected chi connectivity index (χ4v) is 1.63. The first-order valence-electron chi connectivity index (χ1n) is 5.88. The number of amides is 1. The molecule has 0 heterocycles. The van der Waals surface area contributed by atoms with Crippen molar-refractivity contribution in [2.75, 3.05) is 26.8 Å². The molecule has 0 radical (unpaired) electrons. The minimum Gasteiger partial charge on any atom is -0.383 e. The molecule has 0 fully saturated rings. The summed E-state index contributed by atoms with van der Waals surface area (Å²) in [5.74, 6) is -0.0337. The van der Waals surface area contributed by atoms with Gasteiger partial charge in [-0.15, -0.1) is 0 Å². The smallest absolute Gasteiger partial charge is 0.234 e. The second-order valence-electron chi connectivity index (χ2n) is 4.01. The lowest BCUT2D eigenvalue weighted by Crippen LogP contribution is -2.36. The Kier molecular flexibility index (Phi) is 6.72. The van der Waals surface area contributed by atoms with Crippen LogP contribution in [0.25, 0.3) is 0 Å². The molecule has 0 aliphatic heterocycles. The maximum absolute atomic E-state index is 11.6. The van der Waals surface area contributed by atoms with Gasteiger partial charge in [0.05, 0.1) is 19.2 Å². The molecule has 4 nitrogen and oxygen atoms in total. The van der Waals surface area contributed by atoms with Gasteiger partial charge in [-0.3, -0.25) is 4.79 Å². The van der Waals surface area contributed by atoms with Crippen molar-refractivity contribution < 1.29 is 9.53 Å². The Morgan fingerprint density at radius 3 is 2.67 bits per heavy atom. The number of benzene rings is 1. The Morgan fingerprint density at radius 2 is 2.06 bits per heavy atom. The Balaban J connectivity index is 2.33. The molecule has 100 valence electrons. The molecule has 0 aliphatic carbocycles. The molecule has 18 heavy (non-hydrogen) atoms. The number of ether oxygens (including phenoxy) is 1. The molecule has 1 amide bonds. The third-order valence-corrected chi connectivity index (χ3v) is 2.77. The summed E-state index contributed by atoms with van der Waals surface area (Å²) in [6.07, 6.45) is 0. The number of hydrogen-bond donors (Lipinski definition) is 2. The average molecular weight is 271 g/mol.